The number of tetrazole rings is 1. The summed E-state index contributed by atoms with van der Waals surface area (Å²) in [7, 11) is 0. The highest BCUT2D eigenvalue weighted by atomic mass is 79.9. The first kappa shape index (κ1) is 14.0. The normalized spacial score (nSPS) is 10.8. The Morgan fingerprint density at radius 3 is 2.71 bits per heavy atom. The Morgan fingerprint density at radius 2 is 2.00 bits per heavy atom. The minimum atomic E-state index is 0.619. The lowest BCUT2D eigenvalue weighted by molar-refractivity contribution is 0.789. The molecule has 106 valence electrons. The number of nitrogen functional groups attached to an aromatic ring is 1. The van der Waals surface area contributed by atoms with Crippen molar-refractivity contribution >= 4 is 33.2 Å². The van der Waals surface area contributed by atoms with Crippen molar-refractivity contribution in [3.8, 4) is 17.1 Å². The molecule has 0 spiro atoms. The van der Waals surface area contributed by atoms with Gasteiger partial charge in [-0.3, -0.25) is 0 Å². The third kappa shape index (κ3) is 2.77. The monoisotopic (exact) mass is 363 g/mol. The molecule has 0 aliphatic heterocycles. The van der Waals surface area contributed by atoms with Gasteiger partial charge in [-0.05, 0) is 75.2 Å². The summed E-state index contributed by atoms with van der Waals surface area (Å²) in [6.45, 7) is 1.98. The minimum absolute atomic E-state index is 0.619. The van der Waals surface area contributed by atoms with Crippen molar-refractivity contribution in [1.29, 1.82) is 0 Å². The first-order valence-corrected chi connectivity index (χ1v) is 7.33. The van der Waals surface area contributed by atoms with Gasteiger partial charge in [0.1, 0.15) is 0 Å². The molecule has 0 unspecified atom stereocenters. The van der Waals surface area contributed by atoms with Crippen LogP contribution in [0.5, 0.6) is 0 Å². The summed E-state index contributed by atoms with van der Waals surface area (Å²) in [5.41, 5.74) is 9.29. The standard InChI is InChI=1S/C14H11BrClN5/c1-8-4-9(6-11(17)5-8)14-18-19-20-21(14)13-3-2-10(16)7-12(13)15/h2-7H,17H2,1H3. The molecule has 5 nitrogen and oxygen atoms in total. The van der Waals surface area contributed by atoms with Crippen molar-refractivity contribution in [2.45, 2.75) is 6.92 Å². The van der Waals surface area contributed by atoms with Crippen molar-refractivity contribution in [2.75, 3.05) is 5.73 Å². The van der Waals surface area contributed by atoms with Gasteiger partial charge in [-0.25, -0.2) is 0 Å². The van der Waals surface area contributed by atoms with Crippen LogP contribution in [0.2, 0.25) is 5.02 Å². The topological polar surface area (TPSA) is 69.6 Å². The van der Waals surface area contributed by atoms with Gasteiger partial charge < -0.3 is 5.73 Å². The molecule has 0 aliphatic rings. The first-order chi connectivity index (χ1) is 10.0. The number of anilines is 1. The molecule has 0 amide bonds. The van der Waals surface area contributed by atoms with E-state index in [0.29, 0.717) is 16.5 Å². The van der Waals surface area contributed by atoms with Crippen LogP contribution in [0.15, 0.2) is 40.9 Å². The van der Waals surface area contributed by atoms with Gasteiger partial charge in [0, 0.05) is 20.7 Å². The van der Waals surface area contributed by atoms with Crippen LogP contribution in [0.3, 0.4) is 0 Å². The van der Waals surface area contributed by atoms with Gasteiger partial charge in [-0.15, -0.1) is 5.10 Å². The van der Waals surface area contributed by atoms with Gasteiger partial charge >= 0.3 is 0 Å². The SMILES string of the molecule is Cc1cc(N)cc(-c2nnnn2-c2ccc(Cl)cc2Br)c1. The number of hydrogen-bond donors (Lipinski definition) is 1. The number of halogens is 2. The lowest BCUT2D eigenvalue weighted by atomic mass is 10.1. The molecule has 3 aromatic rings. The van der Waals surface area contributed by atoms with Crippen LogP contribution in [-0.4, -0.2) is 20.2 Å². The number of aryl methyl sites for hydroxylation is 1. The van der Waals surface area contributed by atoms with E-state index in [1.807, 2.05) is 31.2 Å². The van der Waals surface area contributed by atoms with Crippen molar-refractivity contribution in [2.24, 2.45) is 0 Å². The van der Waals surface area contributed by atoms with Crippen LogP contribution in [0.25, 0.3) is 17.1 Å². The fourth-order valence-electron chi connectivity index (χ4n) is 2.12. The maximum atomic E-state index is 5.97. The molecule has 0 saturated carbocycles. The number of nitrogens with two attached hydrogens (primary N) is 1. The van der Waals surface area contributed by atoms with E-state index in [4.69, 9.17) is 17.3 Å². The zero-order valence-corrected chi connectivity index (χ0v) is 13.4. The van der Waals surface area contributed by atoms with Gasteiger partial charge in [0.05, 0.1) is 5.69 Å². The fourth-order valence-corrected chi connectivity index (χ4v) is 2.97. The number of aromatic nitrogens is 4. The molecule has 21 heavy (non-hydrogen) atoms. The highest BCUT2D eigenvalue weighted by molar-refractivity contribution is 9.10. The summed E-state index contributed by atoms with van der Waals surface area (Å²) >= 11 is 9.45. The van der Waals surface area contributed by atoms with Crippen molar-refractivity contribution < 1.29 is 0 Å². The van der Waals surface area contributed by atoms with Gasteiger partial charge in [0.25, 0.3) is 0 Å². The Kier molecular flexibility index (Phi) is 3.65. The molecule has 2 N–H and O–H groups in total. The predicted molar refractivity (Wildman–Crippen MR) is 86.4 cm³/mol. The van der Waals surface area contributed by atoms with Gasteiger partial charge in [-0.1, -0.05) is 11.6 Å². The van der Waals surface area contributed by atoms with Gasteiger partial charge in [0.15, 0.2) is 5.82 Å². The van der Waals surface area contributed by atoms with E-state index in [1.165, 1.54) is 0 Å². The van der Waals surface area contributed by atoms with Crippen LogP contribution in [-0.2, 0) is 0 Å². The molecule has 0 aliphatic carbocycles. The summed E-state index contributed by atoms with van der Waals surface area (Å²) in [6, 6.07) is 11.2. The van der Waals surface area contributed by atoms with Crippen LogP contribution >= 0.6 is 27.5 Å². The number of nitrogens with zero attached hydrogens (tertiary/aromatic N) is 4. The zero-order chi connectivity index (χ0) is 15.0. The van der Waals surface area contributed by atoms with Crippen molar-refractivity contribution in [1.82, 2.24) is 20.2 Å². The molecule has 0 fully saturated rings. The van der Waals surface area contributed by atoms with E-state index in [1.54, 1.807) is 16.8 Å². The summed E-state index contributed by atoms with van der Waals surface area (Å²) in [5.74, 6) is 0.619. The largest absolute Gasteiger partial charge is 0.399 e. The molecule has 1 aromatic heterocycles. The molecule has 0 saturated heterocycles. The molecular weight excluding hydrogens is 354 g/mol. The van der Waals surface area contributed by atoms with Crippen LogP contribution in [0.1, 0.15) is 5.56 Å². The molecule has 0 atom stereocenters. The van der Waals surface area contributed by atoms with Crippen LogP contribution in [0, 0.1) is 6.92 Å². The Hall–Kier alpha value is -1.92. The molecule has 0 radical (unpaired) electrons. The minimum Gasteiger partial charge on any atom is -0.399 e. The van der Waals surface area contributed by atoms with E-state index < -0.39 is 0 Å². The van der Waals surface area contributed by atoms with Crippen LogP contribution in [0.4, 0.5) is 5.69 Å². The summed E-state index contributed by atoms with van der Waals surface area (Å²) < 4.78 is 2.46. The molecule has 0 bridgehead atoms. The summed E-state index contributed by atoms with van der Waals surface area (Å²) in [6.07, 6.45) is 0. The maximum absolute atomic E-state index is 5.97. The Balaban J connectivity index is 2.17. The zero-order valence-electron chi connectivity index (χ0n) is 11.1. The van der Waals surface area contributed by atoms with E-state index in [9.17, 15) is 0 Å². The van der Waals surface area contributed by atoms with Gasteiger partial charge in [0.2, 0.25) is 0 Å². The van der Waals surface area contributed by atoms with E-state index in [-0.39, 0.29) is 0 Å². The van der Waals surface area contributed by atoms with Crippen molar-refractivity contribution in [3.63, 3.8) is 0 Å². The molecule has 2 aromatic carbocycles. The summed E-state index contributed by atoms with van der Waals surface area (Å²) in [4.78, 5) is 0. The average Bonchev–Trinajstić information content (AvgIpc) is 2.86. The number of hydrogen-bond acceptors (Lipinski definition) is 4. The van der Waals surface area contributed by atoms with Crippen LogP contribution < -0.4 is 5.73 Å². The Labute approximate surface area is 134 Å². The third-order valence-electron chi connectivity index (χ3n) is 2.97. The second kappa shape index (κ2) is 5.46. The van der Waals surface area contributed by atoms with E-state index in [2.05, 4.69) is 31.5 Å². The second-order valence-corrected chi connectivity index (χ2v) is 5.93. The lowest BCUT2D eigenvalue weighted by Gasteiger charge is -2.08. The fraction of sp³-hybridized carbons (Fsp3) is 0.0714. The highest BCUT2D eigenvalue weighted by Gasteiger charge is 2.14. The third-order valence-corrected chi connectivity index (χ3v) is 3.84. The molecule has 7 heteroatoms. The number of rotatable bonds is 2. The van der Waals surface area contributed by atoms with E-state index >= 15 is 0 Å². The number of benzene rings is 2. The average molecular weight is 365 g/mol. The molecular formula is C14H11BrClN5. The molecule has 1 heterocycles. The quantitative estimate of drug-likeness (QED) is 0.705. The summed E-state index contributed by atoms with van der Waals surface area (Å²) in [5, 5.41) is 12.6. The Morgan fingerprint density at radius 1 is 1.19 bits per heavy atom. The smallest absolute Gasteiger partial charge is 0.187 e. The predicted octanol–water partition coefficient (Wildman–Crippen LogP) is 3.64. The molecule has 3 rings (SSSR count). The van der Waals surface area contributed by atoms with E-state index in [0.717, 1.165) is 21.3 Å². The lowest BCUT2D eigenvalue weighted by Crippen LogP contribution is -2.01. The van der Waals surface area contributed by atoms with Crippen molar-refractivity contribution in [3.05, 3.63) is 51.5 Å². The second-order valence-electron chi connectivity index (χ2n) is 4.64. The Bertz CT molecular complexity index is 795. The first-order valence-electron chi connectivity index (χ1n) is 6.16. The highest BCUT2D eigenvalue weighted by Crippen LogP contribution is 2.28. The van der Waals surface area contributed by atoms with Gasteiger partial charge in [-0.2, -0.15) is 4.68 Å². The maximum Gasteiger partial charge on any atom is 0.187 e.